The minimum atomic E-state index is 0.343. The van der Waals surface area contributed by atoms with Gasteiger partial charge in [0.15, 0.2) is 6.29 Å². The molecule has 0 saturated heterocycles. The molecule has 0 atom stereocenters. The minimum Gasteiger partial charge on any atom is -0.474 e. The van der Waals surface area contributed by atoms with E-state index in [0.29, 0.717) is 23.3 Å². The highest BCUT2D eigenvalue weighted by atomic mass is 16.5. The Balaban J connectivity index is 1.99. The van der Waals surface area contributed by atoms with Gasteiger partial charge in [0.1, 0.15) is 11.8 Å². The van der Waals surface area contributed by atoms with Crippen LogP contribution in [0.25, 0.3) is 11.0 Å². The van der Waals surface area contributed by atoms with Gasteiger partial charge in [-0.1, -0.05) is 0 Å². The number of carbonyl (C=O) groups is 1. The van der Waals surface area contributed by atoms with Crippen LogP contribution in [-0.4, -0.2) is 22.4 Å². The molecule has 2 aromatic heterocycles. The minimum absolute atomic E-state index is 0.343. The van der Waals surface area contributed by atoms with E-state index in [4.69, 9.17) is 4.74 Å². The van der Waals surface area contributed by atoms with Gasteiger partial charge in [0, 0.05) is 11.5 Å². The summed E-state index contributed by atoms with van der Waals surface area (Å²) in [5.41, 5.74) is 1.25. The van der Waals surface area contributed by atoms with Crippen molar-refractivity contribution in [3.8, 4) is 5.88 Å². The zero-order valence-corrected chi connectivity index (χ0v) is 8.06. The average molecular weight is 202 g/mol. The zero-order chi connectivity index (χ0) is 10.3. The topological polar surface area (TPSA) is 55.0 Å². The van der Waals surface area contributed by atoms with Crippen LogP contribution in [0.3, 0.4) is 0 Å². The van der Waals surface area contributed by atoms with Gasteiger partial charge in [0.25, 0.3) is 0 Å². The molecule has 1 saturated carbocycles. The van der Waals surface area contributed by atoms with Crippen molar-refractivity contribution in [3.05, 3.63) is 23.9 Å². The van der Waals surface area contributed by atoms with Crippen molar-refractivity contribution >= 4 is 17.3 Å². The number of aromatic nitrogens is 2. The molecule has 0 radical (unpaired) electrons. The summed E-state index contributed by atoms with van der Waals surface area (Å²) in [5, 5.41) is 0.931. The summed E-state index contributed by atoms with van der Waals surface area (Å²) in [7, 11) is 0. The molecule has 1 fully saturated rings. The highest BCUT2D eigenvalue weighted by molar-refractivity contribution is 5.85. The number of rotatable bonds is 3. The van der Waals surface area contributed by atoms with E-state index in [1.54, 1.807) is 6.07 Å². The maximum Gasteiger partial charge on any atom is 0.215 e. The average Bonchev–Trinajstić information content (AvgIpc) is 2.96. The van der Waals surface area contributed by atoms with Gasteiger partial charge >= 0.3 is 0 Å². The number of nitrogens with one attached hydrogen (secondary N) is 1. The SMILES string of the molecule is O=Cc1cc2ccc(OC3CC3)nc2[nH]1. The first-order valence-electron chi connectivity index (χ1n) is 4.97. The lowest BCUT2D eigenvalue weighted by atomic mass is 10.3. The van der Waals surface area contributed by atoms with E-state index in [-0.39, 0.29) is 0 Å². The first-order valence-corrected chi connectivity index (χ1v) is 4.97. The predicted octanol–water partition coefficient (Wildman–Crippen LogP) is 1.92. The van der Waals surface area contributed by atoms with Crippen molar-refractivity contribution < 1.29 is 9.53 Å². The Morgan fingerprint density at radius 2 is 2.33 bits per heavy atom. The fraction of sp³-hybridized carbons (Fsp3) is 0.273. The molecular formula is C11H10N2O2. The van der Waals surface area contributed by atoms with Crippen molar-refractivity contribution in [3.63, 3.8) is 0 Å². The number of hydrogen-bond acceptors (Lipinski definition) is 3. The molecule has 0 aromatic carbocycles. The zero-order valence-electron chi connectivity index (χ0n) is 8.06. The van der Waals surface area contributed by atoms with Crippen LogP contribution >= 0.6 is 0 Å². The second kappa shape index (κ2) is 3.08. The van der Waals surface area contributed by atoms with E-state index in [1.807, 2.05) is 12.1 Å². The Morgan fingerprint density at radius 1 is 1.47 bits per heavy atom. The van der Waals surface area contributed by atoms with Crippen LogP contribution < -0.4 is 4.74 Å². The van der Waals surface area contributed by atoms with E-state index < -0.39 is 0 Å². The Labute approximate surface area is 86.3 Å². The number of H-pyrrole nitrogens is 1. The molecule has 0 bridgehead atoms. The Bertz CT molecular complexity index is 514. The highest BCUT2D eigenvalue weighted by Gasteiger charge is 2.24. The van der Waals surface area contributed by atoms with Gasteiger partial charge in [-0.25, -0.2) is 0 Å². The molecule has 1 aliphatic carbocycles. The summed E-state index contributed by atoms with van der Waals surface area (Å²) < 4.78 is 5.56. The molecule has 1 aliphatic rings. The lowest BCUT2D eigenvalue weighted by molar-refractivity contribution is 0.111. The van der Waals surface area contributed by atoms with Gasteiger partial charge in [-0.05, 0) is 25.0 Å². The van der Waals surface area contributed by atoms with E-state index >= 15 is 0 Å². The summed E-state index contributed by atoms with van der Waals surface area (Å²) in [6.45, 7) is 0. The van der Waals surface area contributed by atoms with Crippen LogP contribution in [0.15, 0.2) is 18.2 Å². The highest BCUT2D eigenvalue weighted by Crippen LogP contribution is 2.26. The van der Waals surface area contributed by atoms with Gasteiger partial charge in [-0.3, -0.25) is 4.79 Å². The lowest BCUT2D eigenvalue weighted by Gasteiger charge is -2.01. The lowest BCUT2D eigenvalue weighted by Crippen LogP contribution is -1.97. The maximum absolute atomic E-state index is 10.6. The van der Waals surface area contributed by atoms with E-state index in [2.05, 4.69) is 9.97 Å². The van der Waals surface area contributed by atoms with E-state index in [9.17, 15) is 4.79 Å². The second-order valence-corrected chi connectivity index (χ2v) is 3.75. The van der Waals surface area contributed by atoms with Crippen molar-refractivity contribution in [2.75, 3.05) is 0 Å². The van der Waals surface area contributed by atoms with Crippen LogP contribution in [0, 0.1) is 0 Å². The number of hydrogen-bond donors (Lipinski definition) is 1. The molecule has 3 rings (SSSR count). The molecule has 4 heteroatoms. The van der Waals surface area contributed by atoms with Crippen molar-refractivity contribution in [1.82, 2.24) is 9.97 Å². The Hall–Kier alpha value is -1.84. The van der Waals surface area contributed by atoms with Crippen LogP contribution in [0.5, 0.6) is 5.88 Å². The number of ether oxygens (including phenoxy) is 1. The summed E-state index contributed by atoms with van der Waals surface area (Å²) in [4.78, 5) is 17.8. The third kappa shape index (κ3) is 1.58. The summed E-state index contributed by atoms with van der Waals surface area (Å²) in [6.07, 6.45) is 3.35. The van der Waals surface area contributed by atoms with Crippen LogP contribution in [-0.2, 0) is 0 Å². The predicted molar refractivity (Wildman–Crippen MR) is 55.1 cm³/mol. The fourth-order valence-electron chi connectivity index (χ4n) is 1.49. The standard InChI is InChI=1S/C11H10N2O2/c14-6-8-5-7-1-4-10(13-11(7)12-8)15-9-2-3-9/h1,4-6,9H,2-3H2,(H,12,13). The molecule has 76 valence electrons. The van der Waals surface area contributed by atoms with Crippen LogP contribution in [0.4, 0.5) is 0 Å². The van der Waals surface area contributed by atoms with Gasteiger partial charge in [0.2, 0.25) is 5.88 Å². The third-order valence-corrected chi connectivity index (χ3v) is 2.41. The van der Waals surface area contributed by atoms with Gasteiger partial charge in [-0.2, -0.15) is 4.98 Å². The van der Waals surface area contributed by atoms with Crippen molar-refractivity contribution in [2.24, 2.45) is 0 Å². The molecular weight excluding hydrogens is 192 g/mol. The van der Waals surface area contributed by atoms with Crippen LogP contribution in [0.2, 0.25) is 0 Å². The first kappa shape index (κ1) is 8.47. The van der Waals surface area contributed by atoms with Gasteiger partial charge in [0.05, 0.1) is 5.69 Å². The van der Waals surface area contributed by atoms with E-state index in [1.165, 1.54) is 0 Å². The fourth-order valence-corrected chi connectivity index (χ4v) is 1.49. The Morgan fingerprint density at radius 3 is 3.07 bits per heavy atom. The molecule has 0 unspecified atom stereocenters. The smallest absolute Gasteiger partial charge is 0.215 e. The monoisotopic (exact) mass is 202 g/mol. The molecule has 15 heavy (non-hydrogen) atoms. The largest absolute Gasteiger partial charge is 0.474 e. The molecule has 2 aromatic rings. The maximum atomic E-state index is 10.6. The molecule has 0 aliphatic heterocycles. The van der Waals surface area contributed by atoms with Gasteiger partial charge in [-0.15, -0.1) is 0 Å². The van der Waals surface area contributed by atoms with E-state index in [0.717, 1.165) is 24.5 Å². The van der Waals surface area contributed by atoms with Crippen molar-refractivity contribution in [1.29, 1.82) is 0 Å². The summed E-state index contributed by atoms with van der Waals surface area (Å²) >= 11 is 0. The van der Waals surface area contributed by atoms with Gasteiger partial charge < -0.3 is 9.72 Å². The molecule has 4 nitrogen and oxygen atoms in total. The number of aromatic amines is 1. The second-order valence-electron chi connectivity index (χ2n) is 3.75. The normalized spacial score (nSPS) is 15.5. The molecule has 1 N–H and O–H groups in total. The number of pyridine rings is 1. The van der Waals surface area contributed by atoms with Crippen LogP contribution in [0.1, 0.15) is 23.3 Å². The van der Waals surface area contributed by atoms with Crippen molar-refractivity contribution in [2.45, 2.75) is 18.9 Å². The molecule has 2 heterocycles. The number of nitrogens with zero attached hydrogens (tertiary/aromatic N) is 1. The summed E-state index contributed by atoms with van der Waals surface area (Å²) in [5.74, 6) is 0.629. The first-order chi connectivity index (χ1) is 7.35. The summed E-state index contributed by atoms with van der Waals surface area (Å²) in [6, 6.07) is 5.52. The number of aldehydes is 1. The third-order valence-electron chi connectivity index (χ3n) is 2.41. The number of carbonyl (C=O) groups excluding carboxylic acids is 1. The Kier molecular flexibility index (Phi) is 1.74. The molecule has 0 amide bonds. The quantitative estimate of drug-likeness (QED) is 0.773. The molecule has 0 spiro atoms. The number of fused-ring (bicyclic) bond motifs is 1.